The second kappa shape index (κ2) is 7.73. The number of amides is 1. The largest absolute Gasteiger partial charge is 0.337 e. The van der Waals surface area contributed by atoms with E-state index < -0.39 is 0 Å². The number of rotatable bonds is 4. The average Bonchev–Trinajstić information content (AvgIpc) is 2.99. The Hall–Kier alpha value is -1.98. The summed E-state index contributed by atoms with van der Waals surface area (Å²) in [6, 6.07) is 11.3. The minimum atomic E-state index is -0.0114. The zero-order chi connectivity index (χ0) is 16.9. The molecule has 0 spiro atoms. The third-order valence-corrected chi connectivity index (χ3v) is 5.21. The molecule has 24 heavy (non-hydrogen) atoms. The van der Waals surface area contributed by atoms with E-state index in [1.807, 2.05) is 4.90 Å². The molecule has 1 amide bonds. The van der Waals surface area contributed by atoms with Crippen LogP contribution in [0.4, 0.5) is 0 Å². The van der Waals surface area contributed by atoms with Gasteiger partial charge in [0.25, 0.3) is 5.91 Å². The lowest BCUT2D eigenvalue weighted by Gasteiger charge is -2.22. The number of carbonyl (C=O) groups excluding carboxylic acids is 2. The molecule has 1 aliphatic rings. The number of nitrogens with zero attached hydrogens (tertiary/aromatic N) is 2. The van der Waals surface area contributed by atoms with Crippen molar-refractivity contribution in [2.75, 3.05) is 26.2 Å². The van der Waals surface area contributed by atoms with Crippen molar-refractivity contribution < 1.29 is 9.59 Å². The van der Waals surface area contributed by atoms with Crippen LogP contribution in [-0.4, -0.2) is 47.7 Å². The van der Waals surface area contributed by atoms with Gasteiger partial charge in [-0.1, -0.05) is 18.2 Å². The lowest BCUT2D eigenvalue weighted by molar-refractivity contribution is 0.0761. The van der Waals surface area contributed by atoms with Crippen LogP contribution >= 0.6 is 11.3 Å². The van der Waals surface area contributed by atoms with E-state index in [9.17, 15) is 9.59 Å². The quantitative estimate of drug-likeness (QED) is 0.801. The van der Waals surface area contributed by atoms with Gasteiger partial charge in [-0.25, -0.2) is 0 Å². The first-order valence-corrected chi connectivity index (χ1v) is 9.16. The van der Waals surface area contributed by atoms with Crippen LogP contribution in [0, 0.1) is 0 Å². The first kappa shape index (κ1) is 16.9. The highest BCUT2D eigenvalue weighted by Gasteiger charge is 2.21. The fourth-order valence-corrected chi connectivity index (χ4v) is 3.76. The van der Waals surface area contributed by atoms with E-state index in [-0.39, 0.29) is 11.7 Å². The molecule has 1 aliphatic heterocycles. The van der Waals surface area contributed by atoms with E-state index in [4.69, 9.17) is 0 Å². The van der Waals surface area contributed by atoms with Crippen molar-refractivity contribution >= 4 is 23.0 Å². The first-order chi connectivity index (χ1) is 11.6. The van der Waals surface area contributed by atoms with Crippen molar-refractivity contribution in [1.29, 1.82) is 0 Å². The predicted molar refractivity (Wildman–Crippen MR) is 96.6 cm³/mol. The average molecular weight is 342 g/mol. The normalized spacial score (nSPS) is 16.0. The van der Waals surface area contributed by atoms with Crippen LogP contribution in [0.3, 0.4) is 0 Å². The minimum absolute atomic E-state index is 0.0114. The summed E-state index contributed by atoms with van der Waals surface area (Å²) in [4.78, 5) is 29.9. The maximum atomic E-state index is 12.7. The zero-order valence-corrected chi connectivity index (χ0v) is 14.7. The fourth-order valence-electron chi connectivity index (χ4n) is 3.01. The number of Topliss-reactive ketones (excluding diaryl/α,β-unsaturated/α-hetero) is 1. The monoisotopic (exact) mass is 342 g/mol. The molecule has 0 bridgehead atoms. The Balaban J connectivity index is 1.64. The molecule has 0 radical (unpaired) electrons. The Morgan fingerprint density at radius 2 is 1.88 bits per heavy atom. The highest BCUT2D eigenvalue weighted by molar-refractivity contribution is 7.09. The molecule has 1 saturated heterocycles. The van der Waals surface area contributed by atoms with E-state index in [1.54, 1.807) is 35.6 Å². The summed E-state index contributed by atoms with van der Waals surface area (Å²) in [5, 5.41) is 2.10. The lowest BCUT2D eigenvalue weighted by Crippen LogP contribution is -2.35. The van der Waals surface area contributed by atoms with Crippen LogP contribution in [0.25, 0.3) is 0 Å². The lowest BCUT2D eigenvalue weighted by atomic mass is 10.1. The second-order valence-corrected chi connectivity index (χ2v) is 7.17. The van der Waals surface area contributed by atoms with Crippen LogP contribution in [-0.2, 0) is 6.54 Å². The molecule has 0 aliphatic carbocycles. The molecule has 0 unspecified atom stereocenters. The standard InChI is InChI=1S/C19H22N2O2S/c1-15(22)16-5-2-6-17(13-16)19(23)21-9-4-8-20(10-11-21)14-18-7-3-12-24-18/h2-3,5-7,12-13H,4,8-11,14H2,1H3. The van der Waals surface area contributed by atoms with Gasteiger partial charge in [0.05, 0.1) is 0 Å². The van der Waals surface area contributed by atoms with Gasteiger partial charge in [-0.3, -0.25) is 14.5 Å². The van der Waals surface area contributed by atoms with Crippen LogP contribution in [0.2, 0.25) is 0 Å². The van der Waals surface area contributed by atoms with Crippen molar-refractivity contribution in [1.82, 2.24) is 9.80 Å². The number of thiophene rings is 1. The maximum absolute atomic E-state index is 12.7. The molecule has 2 heterocycles. The van der Waals surface area contributed by atoms with Crippen molar-refractivity contribution in [2.24, 2.45) is 0 Å². The molecule has 4 nitrogen and oxygen atoms in total. The van der Waals surface area contributed by atoms with Crippen LogP contribution in [0.5, 0.6) is 0 Å². The Morgan fingerprint density at radius 3 is 2.62 bits per heavy atom. The van der Waals surface area contributed by atoms with Gasteiger partial charge in [0.1, 0.15) is 0 Å². The van der Waals surface area contributed by atoms with Crippen molar-refractivity contribution in [3.8, 4) is 0 Å². The molecule has 3 rings (SSSR count). The number of hydrogen-bond acceptors (Lipinski definition) is 4. The topological polar surface area (TPSA) is 40.6 Å². The number of benzene rings is 1. The van der Waals surface area contributed by atoms with E-state index in [0.717, 1.165) is 39.1 Å². The summed E-state index contributed by atoms with van der Waals surface area (Å²) in [5.74, 6) is 0.0127. The Morgan fingerprint density at radius 1 is 1.04 bits per heavy atom. The summed E-state index contributed by atoms with van der Waals surface area (Å²) in [6.45, 7) is 5.88. The van der Waals surface area contributed by atoms with E-state index in [2.05, 4.69) is 22.4 Å². The van der Waals surface area contributed by atoms with Crippen molar-refractivity contribution in [2.45, 2.75) is 19.9 Å². The van der Waals surface area contributed by atoms with Crippen LogP contribution < -0.4 is 0 Å². The molecule has 1 aromatic heterocycles. The summed E-state index contributed by atoms with van der Waals surface area (Å²) < 4.78 is 0. The van der Waals surface area contributed by atoms with E-state index in [1.165, 1.54) is 11.8 Å². The molecule has 0 saturated carbocycles. The Bertz CT molecular complexity index is 712. The van der Waals surface area contributed by atoms with E-state index >= 15 is 0 Å². The van der Waals surface area contributed by atoms with Crippen LogP contribution in [0.15, 0.2) is 41.8 Å². The number of ketones is 1. The Labute approximate surface area is 146 Å². The highest BCUT2D eigenvalue weighted by Crippen LogP contribution is 2.15. The molecular formula is C19H22N2O2S. The minimum Gasteiger partial charge on any atom is -0.337 e. The van der Waals surface area contributed by atoms with Gasteiger partial charge < -0.3 is 4.90 Å². The van der Waals surface area contributed by atoms with Gasteiger partial charge >= 0.3 is 0 Å². The van der Waals surface area contributed by atoms with Gasteiger partial charge in [0, 0.05) is 48.7 Å². The molecule has 1 aromatic carbocycles. The molecule has 1 fully saturated rings. The fraction of sp³-hybridized carbons (Fsp3) is 0.368. The maximum Gasteiger partial charge on any atom is 0.253 e. The van der Waals surface area contributed by atoms with Gasteiger partial charge in [0.15, 0.2) is 5.78 Å². The smallest absolute Gasteiger partial charge is 0.253 e. The SMILES string of the molecule is CC(=O)c1cccc(C(=O)N2CCCN(Cc3cccs3)CC2)c1. The highest BCUT2D eigenvalue weighted by atomic mass is 32.1. The van der Waals surface area contributed by atoms with Gasteiger partial charge in [-0.05, 0) is 36.9 Å². The van der Waals surface area contributed by atoms with Crippen molar-refractivity contribution in [3.05, 3.63) is 57.8 Å². The van der Waals surface area contributed by atoms with Gasteiger partial charge in [-0.15, -0.1) is 11.3 Å². The number of carbonyl (C=O) groups is 2. The molecule has 0 atom stereocenters. The third kappa shape index (κ3) is 4.10. The number of hydrogen-bond donors (Lipinski definition) is 0. The molecule has 0 N–H and O–H groups in total. The summed E-state index contributed by atoms with van der Waals surface area (Å²) in [5.41, 5.74) is 1.20. The molecular weight excluding hydrogens is 320 g/mol. The third-order valence-electron chi connectivity index (χ3n) is 4.35. The van der Waals surface area contributed by atoms with Crippen molar-refractivity contribution in [3.63, 3.8) is 0 Å². The summed E-state index contributed by atoms with van der Waals surface area (Å²) in [6.07, 6.45) is 0.976. The summed E-state index contributed by atoms with van der Waals surface area (Å²) in [7, 11) is 0. The molecule has 2 aromatic rings. The second-order valence-electron chi connectivity index (χ2n) is 6.14. The van der Waals surface area contributed by atoms with Crippen LogP contribution in [0.1, 0.15) is 38.9 Å². The summed E-state index contributed by atoms with van der Waals surface area (Å²) >= 11 is 1.78. The Kier molecular flexibility index (Phi) is 5.43. The molecule has 5 heteroatoms. The van der Waals surface area contributed by atoms with Gasteiger partial charge in [0.2, 0.25) is 0 Å². The zero-order valence-electron chi connectivity index (χ0n) is 13.9. The molecule has 126 valence electrons. The first-order valence-electron chi connectivity index (χ1n) is 8.28. The van der Waals surface area contributed by atoms with E-state index in [0.29, 0.717) is 11.1 Å². The van der Waals surface area contributed by atoms with Gasteiger partial charge in [-0.2, -0.15) is 0 Å². The predicted octanol–water partition coefficient (Wildman–Crippen LogP) is 3.30.